The molecule has 2 atom stereocenters. The molecule has 0 spiro atoms. The van der Waals surface area contributed by atoms with Gasteiger partial charge in [-0.2, -0.15) is 0 Å². The minimum Gasteiger partial charge on any atom is -0.546 e. The highest BCUT2D eigenvalue weighted by Gasteiger charge is 2.42. The van der Waals surface area contributed by atoms with Crippen molar-refractivity contribution in [2.45, 2.75) is 18.6 Å². The van der Waals surface area contributed by atoms with Crippen LogP contribution in [0.15, 0.2) is 12.1 Å². The maximum atomic E-state index is 11.0. The van der Waals surface area contributed by atoms with Gasteiger partial charge in [0.2, 0.25) is 0 Å². The van der Waals surface area contributed by atoms with Gasteiger partial charge in [0.15, 0.2) is 5.15 Å². The Hall–Kier alpha value is -1.93. The second-order valence-electron chi connectivity index (χ2n) is 4.17. The van der Waals surface area contributed by atoms with Crippen LogP contribution in [0.4, 0.5) is 11.5 Å². The maximum absolute atomic E-state index is 11.0. The van der Waals surface area contributed by atoms with E-state index in [0.717, 1.165) is 0 Å². The van der Waals surface area contributed by atoms with Gasteiger partial charge in [0, 0.05) is 18.6 Å². The monoisotopic (exact) mass is 287 g/mol. The number of carbonyl (C=O) groups is 1. The molecule has 0 saturated carbocycles. The number of carboxylic acids is 1. The van der Waals surface area contributed by atoms with E-state index in [1.54, 1.807) is 0 Å². The molecule has 1 saturated heterocycles. The number of aromatic amines is 1. The molecule has 0 aromatic carbocycles. The third kappa shape index (κ3) is 2.59. The maximum Gasteiger partial charge on any atom is 0.357 e. The lowest BCUT2D eigenvalue weighted by atomic mass is 10.2. The number of H-pyrrole nitrogens is 1. The predicted octanol–water partition coefficient (Wildman–Crippen LogP) is -1.25. The van der Waals surface area contributed by atoms with E-state index in [2.05, 4.69) is 4.98 Å². The van der Waals surface area contributed by atoms with E-state index in [0.29, 0.717) is 0 Å². The molecule has 1 aliphatic rings. The van der Waals surface area contributed by atoms with Gasteiger partial charge in [-0.3, -0.25) is 10.1 Å². The fourth-order valence-corrected chi connectivity index (χ4v) is 2.25. The number of carboxylic acid groups (broad SMARTS) is 1. The number of halogens is 1. The average Bonchev–Trinajstić information content (AvgIpc) is 2.70. The van der Waals surface area contributed by atoms with Crippen LogP contribution in [0.25, 0.3) is 0 Å². The zero-order chi connectivity index (χ0) is 14.2. The molecule has 1 fully saturated rings. The van der Waals surface area contributed by atoms with Crippen molar-refractivity contribution < 1.29 is 24.9 Å². The SMILES string of the molecule is O=C([O-])[C@H]1C[C@@H](O)CN1c1[nH+]c(Cl)ccc1[N+](=O)[O-]. The number of nitro groups is 1. The Kier molecular flexibility index (Phi) is 3.54. The molecule has 0 bridgehead atoms. The molecule has 102 valence electrons. The lowest BCUT2D eigenvalue weighted by Gasteiger charge is -2.18. The Balaban J connectivity index is 2.47. The van der Waals surface area contributed by atoms with E-state index >= 15 is 0 Å². The lowest BCUT2D eigenvalue weighted by molar-refractivity contribution is -0.410. The number of aliphatic carboxylic acids is 1. The topological polar surface area (TPSA) is 121 Å². The second kappa shape index (κ2) is 4.98. The molecular formula is C10H10ClN3O5. The largest absolute Gasteiger partial charge is 0.546 e. The Labute approximate surface area is 112 Å². The molecule has 0 unspecified atom stereocenters. The Bertz CT molecular complexity index is 538. The first-order valence-corrected chi connectivity index (χ1v) is 5.79. The highest BCUT2D eigenvalue weighted by Crippen LogP contribution is 2.30. The predicted molar refractivity (Wildman–Crippen MR) is 61.4 cm³/mol. The average molecular weight is 288 g/mol. The summed E-state index contributed by atoms with van der Waals surface area (Å²) in [7, 11) is 0. The van der Waals surface area contributed by atoms with Crippen LogP contribution in [-0.2, 0) is 4.79 Å². The van der Waals surface area contributed by atoms with Crippen molar-refractivity contribution in [2.24, 2.45) is 0 Å². The number of hydrogen-bond donors (Lipinski definition) is 1. The van der Waals surface area contributed by atoms with Crippen LogP contribution in [0.5, 0.6) is 0 Å². The molecule has 0 amide bonds. The number of aromatic nitrogens is 1. The first kappa shape index (κ1) is 13.5. The zero-order valence-electron chi connectivity index (χ0n) is 9.58. The quantitative estimate of drug-likeness (QED) is 0.421. The molecule has 0 aliphatic carbocycles. The van der Waals surface area contributed by atoms with E-state index < -0.39 is 23.0 Å². The number of β-amino-alcohol motifs (C(OH)–C–C–N with tert-alkyl or cyclic N) is 1. The van der Waals surface area contributed by atoms with E-state index in [1.807, 2.05) is 0 Å². The van der Waals surface area contributed by atoms with E-state index in [9.17, 15) is 25.1 Å². The Morgan fingerprint density at radius 2 is 2.26 bits per heavy atom. The molecule has 1 aliphatic heterocycles. The summed E-state index contributed by atoms with van der Waals surface area (Å²) in [5.74, 6) is -1.46. The smallest absolute Gasteiger partial charge is 0.357 e. The van der Waals surface area contributed by atoms with Crippen molar-refractivity contribution in [1.29, 1.82) is 0 Å². The Morgan fingerprint density at radius 3 is 2.84 bits per heavy atom. The number of aliphatic hydroxyl groups is 1. The van der Waals surface area contributed by atoms with Crippen molar-refractivity contribution in [3.8, 4) is 0 Å². The summed E-state index contributed by atoms with van der Waals surface area (Å²) >= 11 is 5.73. The van der Waals surface area contributed by atoms with Gasteiger partial charge >= 0.3 is 11.5 Å². The molecule has 0 radical (unpaired) electrons. The van der Waals surface area contributed by atoms with Gasteiger partial charge in [-0.1, -0.05) is 0 Å². The molecule has 1 aromatic rings. The van der Waals surface area contributed by atoms with Gasteiger partial charge in [0.25, 0.3) is 0 Å². The van der Waals surface area contributed by atoms with Crippen molar-refractivity contribution in [1.82, 2.24) is 0 Å². The second-order valence-corrected chi connectivity index (χ2v) is 4.58. The van der Waals surface area contributed by atoms with Crippen molar-refractivity contribution in [3.05, 3.63) is 27.4 Å². The van der Waals surface area contributed by atoms with Crippen LogP contribution in [-0.4, -0.2) is 34.7 Å². The van der Waals surface area contributed by atoms with Crippen molar-refractivity contribution in [2.75, 3.05) is 11.4 Å². The van der Waals surface area contributed by atoms with Crippen LogP contribution in [0.3, 0.4) is 0 Å². The van der Waals surface area contributed by atoms with E-state index in [-0.39, 0.29) is 29.6 Å². The van der Waals surface area contributed by atoms with Crippen LogP contribution in [0.2, 0.25) is 5.15 Å². The van der Waals surface area contributed by atoms with Crippen LogP contribution >= 0.6 is 11.6 Å². The van der Waals surface area contributed by atoms with Gasteiger partial charge in [-0.25, -0.2) is 9.88 Å². The third-order valence-corrected chi connectivity index (χ3v) is 3.12. The standard InChI is InChI=1S/C10H10ClN3O5/c11-8-2-1-6(14(18)19)9(12-8)13-4-5(15)3-7(13)10(16)17/h1-2,5,7,15H,3-4H2,(H,16,17)/t5-,7-/m1/s1. The fourth-order valence-electron chi connectivity index (χ4n) is 2.10. The summed E-state index contributed by atoms with van der Waals surface area (Å²) in [4.78, 5) is 25.0. The molecule has 1 aromatic heterocycles. The summed E-state index contributed by atoms with van der Waals surface area (Å²) in [5, 5.41) is 31.6. The number of hydrogen-bond acceptors (Lipinski definition) is 6. The number of aliphatic hydroxyl groups excluding tert-OH is 1. The van der Waals surface area contributed by atoms with Crippen molar-refractivity contribution in [3.63, 3.8) is 0 Å². The summed E-state index contributed by atoms with van der Waals surface area (Å²) in [6, 6.07) is 1.33. The number of nitrogens with zero attached hydrogens (tertiary/aromatic N) is 2. The van der Waals surface area contributed by atoms with Crippen LogP contribution < -0.4 is 15.0 Å². The number of anilines is 1. The molecule has 9 heteroatoms. The van der Waals surface area contributed by atoms with Crippen LogP contribution in [0.1, 0.15) is 6.42 Å². The molecular weight excluding hydrogens is 278 g/mol. The minimum atomic E-state index is -1.40. The highest BCUT2D eigenvalue weighted by molar-refractivity contribution is 6.28. The van der Waals surface area contributed by atoms with Crippen molar-refractivity contribution >= 4 is 29.1 Å². The number of carbonyl (C=O) groups excluding carboxylic acids is 1. The van der Waals surface area contributed by atoms with Gasteiger partial charge in [-0.05, 0) is 11.6 Å². The summed E-state index contributed by atoms with van der Waals surface area (Å²) < 4.78 is 0. The normalized spacial score (nSPS) is 22.5. The molecule has 2 rings (SSSR count). The minimum absolute atomic E-state index is 0.0453. The summed E-state index contributed by atoms with van der Waals surface area (Å²) in [6.07, 6.45) is -0.949. The third-order valence-electron chi connectivity index (χ3n) is 2.90. The number of pyridine rings is 1. The summed E-state index contributed by atoms with van der Waals surface area (Å²) in [5.41, 5.74) is -0.315. The number of rotatable bonds is 3. The summed E-state index contributed by atoms with van der Waals surface area (Å²) in [6.45, 7) is -0.0453. The Morgan fingerprint density at radius 1 is 1.58 bits per heavy atom. The van der Waals surface area contributed by atoms with Gasteiger partial charge in [0.05, 0.1) is 17.0 Å². The van der Waals surface area contributed by atoms with Gasteiger partial charge in [-0.15, -0.1) is 0 Å². The van der Waals surface area contributed by atoms with E-state index in [1.165, 1.54) is 17.0 Å². The highest BCUT2D eigenvalue weighted by atomic mass is 35.5. The fraction of sp³-hybridized carbons (Fsp3) is 0.400. The van der Waals surface area contributed by atoms with E-state index in [4.69, 9.17) is 11.6 Å². The zero-order valence-corrected chi connectivity index (χ0v) is 10.3. The molecule has 8 nitrogen and oxygen atoms in total. The lowest BCUT2D eigenvalue weighted by Crippen LogP contribution is -2.46. The van der Waals surface area contributed by atoms with Gasteiger partial charge < -0.3 is 15.0 Å². The molecule has 2 heterocycles. The first-order chi connectivity index (χ1) is 8.90. The number of nitrogens with one attached hydrogen (secondary N) is 1. The molecule has 19 heavy (non-hydrogen) atoms. The molecule has 2 N–H and O–H groups in total. The van der Waals surface area contributed by atoms with Crippen LogP contribution in [0, 0.1) is 10.1 Å². The first-order valence-electron chi connectivity index (χ1n) is 5.42. The van der Waals surface area contributed by atoms with Gasteiger partial charge in [0.1, 0.15) is 12.6 Å².